The van der Waals surface area contributed by atoms with Crippen LogP contribution in [0.3, 0.4) is 0 Å². The van der Waals surface area contributed by atoms with Crippen LogP contribution in [0.25, 0.3) is 11.3 Å². The lowest BCUT2D eigenvalue weighted by atomic mass is 9.91. The summed E-state index contributed by atoms with van der Waals surface area (Å²) in [5.74, 6) is -2.84. The standard InChI is InChI=1S/C25H29N3O8/c1-12-18(23(32)34-11-35-24(33)25(3,4)5)28-19(20(12)29)17(22(28)31)26-21(30)15-13(2)36-27-16(15)14-9-7-6-8-10-14/h6-10,12,17-20,29H,11H2,1-5H3,(H,26,30)/t12?,17?,18?,19-,20?/m0/s1. The molecule has 2 fully saturated rings. The summed E-state index contributed by atoms with van der Waals surface area (Å²) in [5.41, 5.74) is 0.423. The number of β-lactam (4-membered cyclic amide) rings is 1. The first-order valence-corrected chi connectivity index (χ1v) is 11.6. The van der Waals surface area contributed by atoms with Gasteiger partial charge in [-0.3, -0.25) is 14.4 Å². The van der Waals surface area contributed by atoms with Gasteiger partial charge in [0.1, 0.15) is 29.1 Å². The Kier molecular flexibility index (Phi) is 6.61. The number of esters is 2. The number of hydrogen-bond acceptors (Lipinski definition) is 9. The van der Waals surface area contributed by atoms with E-state index >= 15 is 0 Å². The zero-order valence-electron chi connectivity index (χ0n) is 20.7. The molecule has 2 N–H and O–H groups in total. The third kappa shape index (κ3) is 4.34. The number of carbonyl (C=O) groups excluding carboxylic acids is 4. The highest BCUT2D eigenvalue weighted by Gasteiger charge is 2.64. The van der Waals surface area contributed by atoms with Crippen LogP contribution >= 0.6 is 0 Å². The average Bonchev–Trinajstić information content (AvgIpc) is 3.33. The molecule has 4 rings (SSSR count). The summed E-state index contributed by atoms with van der Waals surface area (Å²) in [5, 5.41) is 17.4. The van der Waals surface area contributed by atoms with E-state index in [1.807, 2.05) is 6.07 Å². The molecule has 36 heavy (non-hydrogen) atoms. The van der Waals surface area contributed by atoms with Crippen LogP contribution in [0, 0.1) is 18.3 Å². The van der Waals surface area contributed by atoms with Gasteiger partial charge in [0.05, 0.1) is 17.6 Å². The Balaban J connectivity index is 1.44. The molecule has 5 atom stereocenters. The van der Waals surface area contributed by atoms with Crippen molar-refractivity contribution in [2.24, 2.45) is 11.3 Å². The van der Waals surface area contributed by atoms with Gasteiger partial charge < -0.3 is 29.3 Å². The zero-order valence-corrected chi connectivity index (χ0v) is 20.7. The molecule has 0 bridgehead atoms. The van der Waals surface area contributed by atoms with Crippen LogP contribution in [0.1, 0.15) is 43.8 Å². The summed E-state index contributed by atoms with van der Waals surface area (Å²) in [6.45, 7) is 7.58. The van der Waals surface area contributed by atoms with Crippen LogP contribution in [0.2, 0.25) is 0 Å². The number of aryl methyl sites for hydroxylation is 1. The second-order valence-electron chi connectivity index (χ2n) is 10.1. The summed E-state index contributed by atoms with van der Waals surface area (Å²) < 4.78 is 15.3. The van der Waals surface area contributed by atoms with Gasteiger partial charge in [0, 0.05) is 11.5 Å². The van der Waals surface area contributed by atoms with E-state index in [4.69, 9.17) is 14.0 Å². The molecule has 0 spiro atoms. The minimum Gasteiger partial charge on any atom is -0.427 e. The molecule has 1 aromatic carbocycles. The van der Waals surface area contributed by atoms with E-state index in [0.29, 0.717) is 11.3 Å². The number of hydrogen-bond donors (Lipinski definition) is 2. The molecule has 2 amide bonds. The first kappa shape index (κ1) is 25.4. The van der Waals surface area contributed by atoms with Gasteiger partial charge in [0.25, 0.3) is 5.91 Å². The quantitative estimate of drug-likeness (QED) is 0.342. The summed E-state index contributed by atoms with van der Waals surface area (Å²) in [7, 11) is 0. The van der Waals surface area contributed by atoms with E-state index in [1.165, 1.54) is 4.90 Å². The number of ether oxygens (including phenoxy) is 2. The molecule has 0 aliphatic carbocycles. The van der Waals surface area contributed by atoms with Crippen molar-refractivity contribution in [3.8, 4) is 11.3 Å². The maximum Gasteiger partial charge on any atom is 0.332 e. The molecule has 4 unspecified atom stereocenters. The van der Waals surface area contributed by atoms with Gasteiger partial charge in [-0.2, -0.15) is 0 Å². The Bertz CT molecular complexity index is 1190. The molecule has 2 aliphatic rings. The Morgan fingerprint density at radius 2 is 1.83 bits per heavy atom. The van der Waals surface area contributed by atoms with E-state index in [0.717, 1.165) is 0 Å². The number of benzene rings is 1. The van der Waals surface area contributed by atoms with Crippen molar-refractivity contribution in [2.75, 3.05) is 6.79 Å². The molecule has 192 valence electrons. The molecule has 0 radical (unpaired) electrons. The second kappa shape index (κ2) is 9.38. The summed E-state index contributed by atoms with van der Waals surface area (Å²) in [6, 6.07) is 6.06. The number of aromatic nitrogens is 1. The Hall–Kier alpha value is -3.73. The van der Waals surface area contributed by atoms with Crippen LogP contribution < -0.4 is 5.32 Å². The summed E-state index contributed by atoms with van der Waals surface area (Å²) in [4.78, 5) is 51.9. The van der Waals surface area contributed by atoms with Gasteiger partial charge in [-0.05, 0) is 27.7 Å². The van der Waals surface area contributed by atoms with Crippen LogP contribution in [-0.2, 0) is 23.9 Å². The summed E-state index contributed by atoms with van der Waals surface area (Å²) >= 11 is 0. The fourth-order valence-electron chi connectivity index (χ4n) is 4.53. The minimum absolute atomic E-state index is 0.185. The van der Waals surface area contributed by atoms with Crippen molar-refractivity contribution in [1.29, 1.82) is 0 Å². The number of carbonyl (C=O) groups is 4. The number of aliphatic hydroxyl groups is 1. The van der Waals surface area contributed by atoms with Crippen molar-refractivity contribution in [1.82, 2.24) is 15.4 Å². The lowest BCUT2D eigenvalue weighted by Gasteiger charge is -2.45. The van der Waals surface area contributed by atoms with Gasteiger partial charge in [0.2, 0.25) is 12.7 Å². The highest BCUT2D eigenvalue weighted by atomic mass is 16.7. The van der Waals surface area contributed by atoms with Crippen LogP contribution in [0.5, 0.6) is 0 Å². The van der Waals surface area contributed by atoms with Gasteiger partial charge in [0.15, 0.2) is 0 Å². The van der Waals surface area contributed by atoms with Crippen LogP contribution in [0.4, 0.5) is 0 Å². The molecular weight excluding hydrogens is 470 g/mol. The molecular formula is C25H29N3O8. The molecule has 2 aliphatic heterocycles. The number of aliphatic hydroxyl groups excluding tert-OH is 1. The number of nitrogens with one attached hydrogen (secondary N) is 1. The normalized spacial score (nSPS) is 25.1. The fraction of sp³-hybridized carbons (Fsp3) is 0.480. The lowest BCUT2D eigenvalue weighted by Crippen LogP contribution is -2.72. The second-order valence-corrected chi connectivity index (χ2v) is 10.1. The van der Waals surface area contributed by atoms with E-state index in [-0.39, 0.29) is 11.3 Å². The predicted octanol–water partition coefficient (Wildman–Crippen LogP) is 1.43. The molecule has 0 saturated carbocycles. The predicted molar refractivity (Wildman–Crippen MR) is 124 cm³/mol. The average molecular weight is 500 g/mol. The maximum absolute atomic E-state index is 13.1. The van der Waals surface area contributed by atoms with E-state index in [1.54, 1.807) is 58.9 Å². The molecule has 2 aromatic rings. The van der Waals surface area contributed by atoms with E-state index < -0.39 is 66.1 Å². The molecule has 2 saturated heterocycles. The minimum atomic E-state index is -1.08. The third-order valence-electron chi connectivity index (χ3n) is 6.54. The van der Waals surface area contributed by atoms with Gasteiger partial charge >= 0.3 is 11.9 Å². The highest BCUT2D eigenvalue weighted by molar-refractivity contribution is 6.05. The zero-order chi connectivity index (χ0) is 26.4. The number of fused-ring (bicyclic) bond motifs is 1. The van der Waals surface area contributed by atoms with Crippen molar-refractivity contribution in [3.63, 3.8) is 0 Å². The van der Waals surface area contributed by atoms with Crippen LogP contribution in [0.15, 0.2) is 34.9 Å². The molecule has 1 aromatic heterocycles. The van der Waals surface area contributed by atoms with Crippen molar-refractivity contribution in [2.45, 2.75) is 58.8 Å². The lowest BCUT2D eigenvalue weighted by molar-refractivity contribution is -0.180. The Morgan fingerprint density at radius 1 is 1.17 bits per heavy atom. The van der Waals surface area contributed by atoms with Gasteiger partial charge in [-0.1, -0.05) is 42.4 Å². The first-order valence-electron chi connectivity index (χ1n) is 11.6. The maximum atomic E-state index is 13.1. The van der Waals surface area contributed by atoms with Crippen LogP contribution in [-0.4, -0.2) is 69.9 Å². The van der Waals surface area contributed by atoms with Gasteiger partial charge in [-0.15, -0.1) is 0 Å². The monoisotopic (exact) mass is 499 g/mol. The number of amides is 2. The number of nitrogens with zero attached hydrogens (tertiary/aromatic N) is 2. The number of rotatable bonds is 6. The third-order valence-corrected chi connectivity index (χ3v) is 6.54. The van der Waals surface area contributed by atoms with Gasteiger partial charge in [-0.25, -0.2) is 4.79 Å². The first-order chi connectivity index (χ1) is 16.9. The largest absolute Gasteiger partial charge is 0.427 e. The van der Waals surface area contributed by atoms with Crippen molar-refractivity contribution >= 4 is 23.8 Å². The Morgan fingerprint density at radius 3 is 2.47 bits per heavy atom. The highest BCUT2D eigenvalue weighted by Crippen LogP contribution is 2.40. The fourth-order valence-corrected chi connectivity index (χ4v) is 4.53. The summed E-state index contributed by atoms with van der Waals surface area (Å²) in [6.07, 6.45) is -1.08. The van der Waals surface area contributed by atoms with Crippen molar-refractivity contribution < 1.29 is 38.3 Å². The molecule has 11 heteroatoms. The van der Waals surface area contributed by atoms with Crippen molar-refractivity contribution in [3.05, 3.63) is 41.7 Å². The molecule has 3 heterocycles. The smallest absolute Gasteiger partial charge is 0.332 e. The van der Waals surface area contributed by atoms with E-state index in [2.05, 4.69) is 10.5 Å². The van der Waals surface area contributed by atoms with E-state index in [9.17, 15) is 24.3 Å². The molecule has 11 nitrogen and oxygen atoms in total. The SMILES string of the molecule is Cc1onc(-c2ccccc2)c1C(=O)NC1C(=O)N2C(C(=O)OCOC(=O)C(C)(C)C)C(C)C(O)[C@H]12. The Labute approximate surface area is 207 Å². The topological polar surface area (TPSA) is 148 Å².